The van der Waals surface area contributed by atoms with Gasteiger partial charge in [-0.3, -0.25) is 24.3 Å². The first kappa shape index (κ1) is 37.4. The number of hydrogen-bond acceptors (Lipinski definition) is 0. The molecule has 0 unspecified atom stereocenters. The normalized spacial score (nSPS) is 13.8. The van der Waals surface area contributed by atoms with E-state index < -0.39 is 0 Å². The van der Waals surface area contributed by atoms with Crippen LogP contribution in [0.4, 0.5) is 0 Å². The van der Waals surface area contributed by atoms with Crippen LogP contribution in [-0.2, 0) is 43.4 Å². The average molecular weight is 568 g/mol. The Labute approximate surface area is 216 Å². The van der Waals surface area contributed by atoms with Crippen molar-refractivity contribution in [1.29, 1.82) is 0 Å². The molecule has 0 radical (unpaired) electrons. The van der Waals surface area contributed by atoms with E-state index in [-0.39, 0.29) is 77.4 Å². The number of halogens is 3. The van der Waals surface area contributed by atoms with Gasteiger partial charge in [0.15, 0.2) is 0 Å². The largest absolute Gasteiger partial charge is 2.00 e. The fraction of sp³-hybridized carbons (Fsp3) is 0.238. The van der Waals surface area contributed by atoms with Crippen LogP contribution in [0.5, 0.6) is 0 Å². The van der Waals surface area contributed by atoms with Crippen LogP contribution < -0.4 is 0 Å². The zero-order valence-electron chi connectivity index (χ0n) is 15.0. The first-order chi connectivity index (χ1) is 11.0. The summed E-state index contributed by atoms with van der Waals surface area (Å²) in [6.07, 6.45) is 41.5. The molecule has 4 rings (SSSR count). The molecule has 0 nitrogen and oxygen atoms in total. The van der Waals surface area contributed by atoms with Gasteiger partial charge >= 0.3 is 43.4 Å². The van der Waals surface area contributed by atoms with E-state index in [2.05, 4.69) is 60.2 Å². The molecule has 4 aliphatic rings. The first-order valence-electron chi connectivity index (χ1n) is 7.25. The fourth-order valence-electron chi connectivity index (χ4n) is 1.36. The van der Waals surface area contributed by atoms with Crippen LogP contribution in [0, 0.1) is 24.3 Å². The summed E-state index contributed by atoms with van der Waals surface area (Å²) in [6, 6.07) is 0. The first-order valence-corrected chi connectivity index (χ1v) is 8.00. The molecule has 0 aromatic rings. The van der Waals surface area contributed by atoms with Gasteiger partial charge in [0.1, 0.15) is 0 Å². The Hall–Kier alpha value is 0.599. The number of hydrogen-bond donors (Lipinski definition) is 0. The summed E-state index contributed by atoms with van der Waals surface area (Å²) in [7, 11) is 0. The van der Waals surface area contributed by atoms with Gasteiger partial charge in [-0.05, 0) is 0 Å². The SMILES string of the molecule is Br.Br.CCl.[C-]1=CC=CC1.[C-]1=CC=CC1.[C-]1=CC=CC1.[C-]1=CC=CC1.[Ti+2].[Ti+2]. The maximum Gasteiger partial charge on any atom is 2.00 e. The van der Waals surface area contributed by atoms with Gasteiger partial charge in [0.05, 0.1) is 0 Å². The summed E-state index contributed by atoms with van der Waals surface area (Å²) in [5.74, 6) is 0. The van der Waals surface area contributed by atoms with Crippen LogP contribution in [0.2, 0.25) is 0 Å². The van der Waals surface area contributed by atoms with Gasteiger partial charge in [0, 0.05) is 6.38 Å². The van der Waals surface area contributed by atoms with E-state index in [9.17, 15) is 0 Å². The van der Waals surface area contributed by atoms with Crippen molar-refractivity contribution in [3.05, 3.63) is 97.2 Å². The quantitative estimate of drug-likeness (QED) is 0.164. The summed E-state index contributed by atoms with van der Waals surface area (Å²) in [4.78, 5) is 0. The second-order valence-electron chi connectivity index (χ2n) is 4.01. The van der Waals surface area contributed by atoms with Crippen molar-refractivity contribution in [3.63, 3.8) is 0 Å². The van der Waals surface area contributed by atoms with Crippen LogP contribution in [-0.4, -0.2) is 6.38 Å². The van der Waals surface area contributed by atoms with E-state index in [0.29, 0.717) is 0 Å². The molecule has 0 atom stereocenters. The topological polar surface area (TPSA) is 0 Å². The van der Waals surface area contributed by atoms with Crippen LogP contribution in [0.15, 0.2) is 72.9 Å². The molecule has 0 N–H and O–H groups in total. The monoisotopic (exact) mass is 566 g/mol. The molecule has 4 aliphatic carbocycles. The minimum absolute atomic E-state index is 0. The molecular weight excluding hydrogens is 543 g/mol. The van der Waals surface area contributed by atoms with E-state index in [1.807, 2.05) is 48.6 Å². The van der Waals surface area contributed by atoms with E-state index in [0.717, 1.165) is 25.7 Å². The molecule has 0 spiro atoms. The van der Waals surface area contributed by atoms with Crippen molar-refractivity contribution in [3.8, 4) is 0 Å². The zero-order valence-corrected chi connectivity index (χ0v) is 22.3. The average Bonchev–Trinajstić information content (AvgIpc) is 3.46. The van der Waals surface area contributed by atoms with Gasteiger partial charge in [0.25, 0.3) is 0 Å². The molecule has 5 heteroatoms. The summed E-state index contributed by atoms with van der Waals surface area (Å²) in [5, 5.41) is 0. The van der Waals surface area contributed by atoms with E-state index in [4.69, 9.17) is 0 Å². The Kier molecular flexibility index (Phi) is 52.5. The summed E-state index contributed by atoms with van der Waals surface area (Å²) in [5.41, 5.74) is 0. The molecule has 0 saturated carbocycles. The number of alkyl halides is 1. The molecule has 0 saturated heterocycles. The number of rotatable bonds is 0. The Bertz CT molecular complexity index is 346. The van der Waals surface area contributed by atoms with Crippen molar-refractivity contribution < 1.29 is 43.4 Å². The molecule has 0 heterocycles. The standard InChI is InChI=1S/4C5H5.CH3Cl.2BrH.2Ti/c4*1-2-4-5-3-1;1-2;;;;/h4*1-3H,4H2;1H3;2*1H;;/q4*-1;;;;2*+2. The smallest absolute Gasteiger partial charge is 0.273 e. The van der Waals surface area contributed by atoms with Gasteiger partial charge in [-0.15, -0.1) is 71.2 Å². The third-order valence-electron chi connectivity index (χ3n) is 2.34. The Balaban J connectivity index is -0.0000000696. The molecule has 0 aliphatic heterocycles. The Morgan fingerprint density at radius 1 is 0.500 bits per heavy atom. The predicted molar refractivity (Wildman–Crippen MR) is 119 cm³/mol. The van der Waals surface area contributed by atoms with E-state index in [1.54, 1.807) is 0 Å². The van der Waals surface area contributed by atoms with Crippen molar-refractivity contribution in [1.82, 2.24) is 0 Å². The third kappa shape index (κ3) is 32.3. The van der Waals surface area contributed by atoms with Crippen LogP contribution in [0.25, 0.3) is 0 Å². The van der Waals surface area contributed by atoms with Gasteiger partial charge < -0.3 is 0 Å². The van der Waals surface area contributed by atoms with Gasteiger partial charge in [0.2, 0.25) is 0 Å². The molecule has 0 aromatic heterocycles. The fourth-order valence-corrected chi connectivity index (χ4v) is 1.36. The Morgan fingerprint density at radius 2 is 0.692 bits per heavy atom. The summed E-state index contributed by atoms with van der Waals surface area (Å²) < 4.78 is 0. The molecule has 138 valence electrons. The molecule has 26 heavy (non-hydrogen) atoms. The molecule has 0 aromatic carbocycles. The molecule has 0 amide bonds. The summed E-state index contributed by atoms with van der Waals surface area (Å²) in [6.45, 7) is 0. The maximum atomic E-state index is 4.64. The van der Waals surface area contributed by atoms with Crippen molar-refractivity contribution >= 4 is 45.6 Å². The molecule has 0 fully saturated rings. The van der Waals surface area contributed by atoms with Crippen LogP contribution in [0.3, 0.4) is 0 Å². The van der Waals surface area contributed by atoms with Gasteiger partial charge in [-0.25, -0.2) is 48.6 Å². The number of allylic oxidation sites excluding steroid dienone is 16. The minimum atomic E-state index is 0. The van der Waals surface area contributed by atoms with Crippen molar-refractivity contribution in [2.24, 2.45) is 0 Å². The second kappa shape index (κ2) is 36.5. The van der Waals surface area contributed by atoms with E-state index >= 15 is 0 Å². The van der Waals surface area contributed by atoms with Gasteiger partial charge in [-0.1, -0.05) is 0 Å². The van der Waals surface area contributed by atoms with Gasteiger partial charge in [-0.2, -0.15) is 24.3 Å². The van der Waals surface area contributed by atoms with Crippen molar-refractivity contribution in [2.75, 3.05) is 6.38 Å². The summed E-state index contributed by atoms with van der Waals surface area (Å²) >= 11 is 4.64. The zero-order chi connectivity index (χ0) is 16.1. The molecule has 0 bridgehead atoms. The maximum absolute atomic E-state index is 4.64. The van der Waals surface area contributed by atoms with Crippen LogP contribution in [0.1, 0.15) is 25.7 Å². The molecular formula is C21H25Br2ClTi2. The van der Waals surface area contributed by atoms with E-state index in [1.165, 1.54) is 6.38 Å². The predicted octanol–water partition coefficient (Wildman–Crippen LogP) is 7.23. The van der Waals surface area contributed by atoms with Crippen LogP contribution >= 0.6 is 45.6 Å². The third-order valence-corrected chi connectivity index (χ3v) is 2.34. The minimum Gasteiger partial charge on any atom is -0.273 e. The second-order valence-corrected chi connectivity index (χ2v) is 4.01. The van der Waals surface area contributed by atoms with Crippen molar-refractivity contribution in [2.45, 2.75) is 25.7 Å². The Morgan fingerprint density at radius 3 is 0.731 bits per heavy atom.